The zero-order valence-corrected chi connectivity index (χ0v) is 13.1. The molecule has 2 heterocycles. The van der Waals surface area contributed by atoms with E-state index in [1.54, 1.807) is 6.20 Å². The minimum atomic E-state index is -0.227. The molecule has 0 saturated carbocycles. The van der Waals surface area contributed by atoms with Crippen LogP contribution in [0.5, 0.6) is 0 Å². The minimum Gasteiger partial charge on any atom is -0.352 e. The number of imidazole rings is 1. The summed E-state index contributed by atoms with van der Waals surface area (Å²) in [5.74, 6) is 0.702. The highest BCUT2D eigenvalue weighted by Crippen LogP contribution is 2.06. The van der Waals surface area contributed by atoms with E-state index in [-0.39, 0.29) is 11.5 Å². The second-order valence-electron chi connectivity index (χ2n) is 5.40. The van der Waals surface area contributed by atoms with E-state index in [0.717, 1.165) is 12.4 Å². The monoisotopic (exact) mass is 322 g/mol. The Hall–Kier alpha value is -3.15. The molecule has 6 nitrogen and oxygen atoms in total. The summed E-state index contributed by atoms with van der Waals surface area (Å²) in [6.07, 6.45) is 5.75. The van der Waals surface area contributed by atoms with Crippen LogP contribution in [0.3, 0.4) is 0 Å². The maximum Gasteiger partial charge on any atom is 0.252 e. The minimum absolute atomic E-state index is 0.215. The third-order valence-electron chi connectivity index (χ3n) is 3.68. The summed E-state index contributed by atoms with van der Waals surface area (Å²) in [7, 11) is 0. The molecule has 2 aromatic heterocycles. The number of hydrogen-bond donors (Lipinski definition) is 2. The molecule has 3 rings (SSSR count). The van der Waals surface area contributed by atoms with Gasteiger partial charge < -0.3 is 14.9 Å². The fourth-order valence-corrected chi connectivity index (χ4v) is 2.43. The number of rotatable bonds is 6. The van der Waals surface area contributed by atoms with Crippen LogP contribution in [0.25, 0.3) is 0 Å². The Bertz CT molecular complexity index is 847. The maximum atomic E-state index is 12.0. The number of nitrogens with one attached hydrogen (secondary N) is 2. The van der Waals surface area contributed by atoms with Gasteiger partial charge in [0.15, 0.2) is 0 Å². The summed E-state index contributed by atoms with van der Waals surface area (Å²) in [6, 6.07) is 13.0. The van der Waals surface area contributed by atoms with Gasteiger partial charge in [-0.2, -0.15) is 0 Å². The van der Waals surface area contributed by atoms with E-state index >= 15 is 0 Å². The van der Waals surface area contributed by atoms with Crippen LogP contribution in [0, 0.1) is 0 Å². The lowest BCUT2D eigenvalue weighted by Gasteiger charge is -2.09. The van der Waals surface area contributed by atoms with Crippen LogP contribution in [0.1, 0.15) is 21.7 Å². The molecule has 0 atom stereocenters. The fraction of sp³-hybridized carbons (Fsp3) is 0.167. The molecule has 0 spiro atoms. The molecule has 0 aliphatic carbocycles. The highest BCUT2D eigenvalue weighted by molar-refractivity contribution is 5.93. The van der Waals surface area contributed by atoms with Crippen LogP contribution in [0.2, 0.25) is 0 Å². The van der Waals surface area contributed by atoms with Crippen LogP contribution >= 0.6 is 0 Å². The smallest absolute Gasteiger partial charge is 0.252 e. The number of hydrogen-bond acceptors (Lipinski definition) is 3. The van der Waals surface area contributed by atoms with E-state index in [2.05, 4.69) is 32.0 Å². The van der Waals surface area contributed by atoms with E-state index in [0.29, 0.717) is 18.5 Å². The van der Waals surface area contributed by atoms with Gasteiger partial charge in [-0.1, -0.05) is 30.3 Å². The molecule has 0 bridgehead atoms. The fourth-order valence-electron chi connectivity index (χ4n) is 2.43. The normalized spacial score (nSPS) is 10.5. The number of aromatic amines is 1. The molecule has 0 aliphatic heterocycles. The third kappa shape index (κ3) is 3.98. The Morgan fingerprint density at radius 2 is 2.00 bits per heavy atom. The summed E-state index contributed by atoms with van der Waals surface area (Å²) >= 11 is 0. The average Bonchev–Trinajstić information content (AvgIpc) is 3.03. The predicted molar refractivity (Wildman–Crippen MR) is 90.9 cm³/mol. The number of pyridine rings is 1. The first kappa shape index (κ1) is 15.7. The van der Waals surface area contributed by atoms with E-state index in [1.165, 1.54) is 23.9 Å². The summed E-state index contributed by atoms with van der Waals surface area (Å²) in [5, 5.41) is 2.83. The quantitative estimate of drug-likeness (QED) is 0.723. The van der Waals surface area contributed by atoms with Crippen LogP contribution < -0.4 is 10.9 Å². The molecule has 0 unspecified atom stereocenters. The molecule has 0 saturated heterocycles. The summed E-state index contributed by atoms with van der Waals surface area (Å²) in [6.45, 7) is 1.23. The Balaban J connectivity index is 1.56. The highest BCUT2D eigenvalue weighted by atomic mass is 16.1. The lowest BCUT2D eigenvalue weighted by atomic mass is 10.2. The van der Waals surface area contributed by atoms with Crippen molar-refractivity contribution in [3.63, 3.8) is 0 Å². The number of nitrogens with zero attached hydrogens (tertiary/aromatic N) is 2. The second-order valence-corrected chi connectivity index (χ2v) is 5.40. The maximum absolute atomic E-state index is 12.0. The van der Waals surface area contributed by atoms with Crippen molar-refractivity contribution in [1.82, 2.24) is 19.9 Å². The second kappa shape index (κ2) is 7.41. The van der Waals surface area contributed by atoms with E-state index in [9.17, 15) is 9.59 Å². The number of amides is 1. The van der Waals surface area contributed by atoms with Gasteiger partial charge in [-0.3, -0.25) is 9.59 Å². The van der Waals surface area contributed by atoms with E-state index in [4.69, 9.17) is 0 Å². The molecule has 1 amide bonds. The molecule has 3 aromatic rings. The Kier molecular flexibility index (Phi) is 4.86. The van der Waals surface area contributed by atoms with Gasteiger partial charge >= 0.3 is 0 Å². The molecule has 2 N–H and O–H groups in total. The van der Waals surface area contributed by atoms with Crippen molar-refractivity contribution >= 4 is 5.91 Å². The first-order valence-electron chi connectivity index (χ1n) is 7.73. The van der Waals surface area contributed by atoms with E-state index < -0.39 is 0 Å². The van der Waals surface area contributed by atoms with Gasteiger partial charge in [0.05, 0.1) is 5.56 Å². The molecule has 1 aromatic carbocycles. The SMILES string of the molecule is O=C(NCCc1nccn1Cc1ccccc1)c1ccc(=O)[nH]c1. The average molecular weight is 322 g/mol. The lowest BCUT2D eigenvalue weighted by Crippen LogP contribution is -2.27. The van der Waals surface area contributed by atoms with Crippen molar-refractivity contribution in [3.05, 3.63) is 88.4 Å². The van der Waals surface area contributed by atoms with Gasteiger partial charge in [0, 0.05) is 44.2 Å². The van der Waals surface area contributed by atoms with Gasteiger partial charge in [0.1, 0.15) is 5.82 Å². The Morgan fingerprint density at radius 1 is 1.17 bits per heavy atom. The first-order valence-corrected chi connectivity index (χ1v) is 7.73. The van der Waals surface area contributed by atoms with Crippen molar-refractivity contribution in [2.24, 2.45) is 0 Å². The Morgan fingerprint density at radius 3 is 2.75 bits per heavy atom. The van der Waals surface area contributed by atoms with Gasteiger partial charge in [0.25, 0.3) is 5.91 Å². The van der Waals surface area contributed by atoms with Gasteiger partial charge in [-0.05, 0) is 11.6 Å². The Labute approximate surface area is 139 Å². The topological polar surface area (TPSA) is 79.8 Å². The molecule has 0 radical (unpaired) electrons. The molecular weight excluding hydrogens is 304 g/mol. The van der Waals surface area contributed by atoms with Crippen molar-refractivity contribution in [2.45, 2.75) is 13.0 Å². The molecule has 0 fully saturated rings. The van der Waals surface area contributed by atoms with E-state index in [1.807, 2.05) is 24.4 Å². The van der Waals surface area contributed by atoms with Crippen LogP contribution in [0.4, 0.5) is 0 Å². The number of carbonyl (C=O) groups excluding carboxylic acids is 1. The van der Waals surface area contributed by atoms with Crippen molar-refractivity contribution in [3.8, 4) is 0 Å². The van der Waals surface area contributed by atoms with Gasteiger partial charge in [0.2, 0.25) is 5.56 Å². The lowest BCUT2D eigenvalue weighted by molar-refractivity contribution is 0.0953. The molecule has 6 heteroatoms. The first-order chi connectivity index (χ1) is 11.7. The summed E-state index contributed by atoms with van der Waals surface area (Å²) in [5.41, 5.74) is 1.41. The van der Waals surface area contributed by atoms with Crippen molar-refractivity contribution in [1.29, 1.82) is 0 Å². The number of carbonyl (C=O) groups is 1. The van der Waals surface area contributed by atoms with Crippen molar-refractivity contribution < 1.29 is 4.79 Å². The summed E-state index contributed by atoms with van der Waals surface area (Å²) in [4.78, 5) is 29.8. The predicted octanol–water partition coefficient (Wildman–Crippen LogP) is 1.59. The molecule has 122 valence electrons. The van der Waals surface area contributed by atoms with Crippen molar-refractivity contribution in [2.75, 3.05) is 6.54 Å². The molecular formula is C18H18N4O2. The van der Waals surface area contributed by atoms with Gasteiger partial charge in [-0.25, -0.2) is 4.98 Å². The standard InChI is InChI=1S/C18H18N4O2/c23-17-7-6-15(12-21-17)18(24)20-9-8-16-19-10-11-22(16)13-14-4-2-1-3-5-14/h1-7,10-12H,8-9,13H2,(H,20,24)(H,21,23). The third-order valence-corrected chi connectivity index (χ3v) is 3.68. The van der Waals surface area contributed by atoms with Crippen LogP contribution in [-0.4, -0.2) is 27.0 Å². The van der Waals surface area contributed by atoms with Crippen LogP contribution in [-0.2, 0) is 13.0 Å². The molecule has 0 aliphatic rings. The molecule has 24 heavy (non-hydrogen) atoms. The van der Waals surface area contributed by atoms with Crippen LogP contribution in [0.15, 0.2) is 65.8 Å². The zero-order chi connectivity index (χ0) is 16.8. The number of aromatic nitrogens is 3. The zero-order valence-electron chi connectivity index (χ0n) is 13.1. The number of benzene rings is 1. The van der Waals surface area contributed by atoms with Gasteiger partial charge in [-0.15, -0.1) is 0 Å². The largest absolute Gasteiger partial charge is 0.352 e. The number of H-pyrrole nitrogens is 1. The summed E-state index contributed by atoms with van der Waals surface area (Å²) < 4.78 is 2.07. The highest BCUT2D eigenvalue weighted by Gasteiger charge is 2.07.